The van der Waals surface area contributed by atoms with Gasteiger partial charge in [-0.2, -0.15) is 0 Å². The zero-order valence-corrected chi connectivity index (χ0v) is 15.8. The third kappa shape index (κ3) is 4.30. The van der Waals surface area contributed by atoms with Crippen LogP contribution in [0.5, 0.6) is 0 Å². The van der Waals surface area contributed by atoms with Crippen molar-refractivity contribution in [2.24, 2.45) is 5.41 Å². The Hall–Kier alpha value is -2.00. The second kappa shape index (κ2) is 7.93. The maximum Gasteiger partial charge on any atom is 0.162 e. The first-order chi connectivity index (χ1) is 13.1. The molecule has 1 N–H and O–H groups in total. The van der Waals surface area contributed by atoms with E-state index in [0.717, 1.165) is 13.0 Å². The predicted molar refractivity (Wildman–Crippen MR) is 107 cm³/mol. The van der Waals surface area contributed by atoms with Gasteiger partial charge in [-0.15, -0.1) is 0 Å². The highest BCUT2D eigenvalue weighted by molar-refractivity contribution is 5.95. The molecule has 0 aliphatic heterocycles. The van der Waals surface area contributed by atoms with E-state index in [4.69, 9.17) is 0 Å². The van der Waals surface area contributed by atoms with Crippen molar-refractivity contribution in [2.45, 2.75) is 57.4 Å². The number of fused-ring (bicyclic) bond motifs is 1. The molecule has 2 aliphatic carbocycles. The van der Waals surface area contributed by atoms with Gasteiger partial charge in [-0.3, -0.25) is 4.79 Å². The van der Waals surface area contributed by atoms with Gasteiger partial charge >= 0.3 is 0 Å². The molecule has 0 unspecified atom stereocenters. The summed E-state index contributed by atoms with van der Waals surface area (Å²) in [4.78, 5) is 12.1. The van der Waals surface area contributed by atoms with E-state index in [-0.39, 0.29) is 11.6 Å². The Labute approximate surface area is 161 Å². The Morgan fingerprint density at radius 3 is 2.26 bits per heavy atom. The van der Waals surface area contributed by atoms with Gasteiger partial charge in [0, 0.05) is 18.0 Å². The molecule has 0 atom stereocenters. The normalized spacial score (nSPS) is 18.6. The molecule has 1 spiro atoms. The van der Waals surface area contributed by atoms with Gasteiger partial charge in [-0.05, 0) is 92.3 Å². The number of hydrogen-bond donors (Lipinski definition) is 1. The highest BCUT2D eigenvalue weighted by Crippen LogP contribution is 2.47. The largest absolute Gasteiger partial charge is 0.314 e. The lowest BCUT2D eigenvalue weighted by molar-refractivity contribution is 0.0979. The molecule has 3 heteroatoms. The average Bonchev–Trinajstić information content (AvgIpc) is 3.05. The van der Waals surface area contributed by atoms with Gasteiger partial charge in [0.25, 0.3) is 0 Å². The monoisotopic (exact) mass is 365 g/mol. The van der Waals surface area contributed by atoms with Crippen molar-refractivity contribution >= 4 is 5.78 Å². The van der Waals surface area contributed by atoms with Crippen molar-refractivity contribution in [1.82, 2.24) is 5.32 Å². The molecule has 0 saturated heterocycles. The van der Waals surface area contributed by atoms with Crippen molar-refractivity contribution in [3.05, 3.63) is 71.0 Å². The molecule has 2 aliphatic rings. The first kappa shape index (κ1) is 18.4. The fourth-order valence-electron chi connectivity index (χ4n) is 4.90. The van der Waals surface area contributed by atoms with E-state index in [1.54, 1.807) is 23.3 Å². The fourth-order valence-corrected chi connectivity index (χ4v) is 4.90. The van der Waals surface area contributed by atoms with E-state index in [9.17, 15) is 9.18 Å². The number of ketones is 1. The van der Waals surface area contributed by atoms with Crippen LogP contribution in [0.25, 0.3) is 0 Å². The number of Topliss-reactive ketones (excluding diaryl/α,β-unsaturated/α-hetero) is 1. The lowest BCUT2D eigenvalue weighted by atomic mass is 9.70. The van der Waals surface area contributed by atoms with Crippen molar-refractivity contribution in [1.29, 1.82) is 0 Å². The molecule has 1 saturated carbocycles. The van der Waals surface area contributed by atoms with E-state index in [1.807, 2.05) is 0 Å². The van der Waals surface area contributed by atoms with Gasteiger partial charge < -0.3 is 5.32 Å². The first-order valence-electron chi connectivity index (χ1n) is 10.2. The molecule has 4 rings (SSSR count). The van der Waals surface area contributed by atoms with Crippen LogP contribution >= 0.6 is 0 Å². The van der Waals surface area contributed by atoms with E-state index in [2.05, 4.69) is 29.6 Å². The van der Waals surface area contributed by atoms with Crippen molar-refractivity contribution in [2.75, 3.05) is 6.54 Å². The third-order valence-electron chi connectivity index (χ3n) is 6.48. The number of halogens is 1. The molecular formula is C24H28FNO. The lowest BCUT2D eigenvalue weighted by Crippen LogP contribution is -2.38. The number of nitrogens with one attached hydrogen (secondary N) is 1. The second-order valence-electron chi connectivity index (χ2n) is 8.38. The van der Waals surface area contributed by atoms with Crippen LogP contribution in [0.3, 0.4) is 0 Å². The molecule has 1 fully saturated rings. The zero-order valence-electron chi connectivity index (χ0n) is 15.8. The third-order valence-corrected chi connectivity index (χ3v) is 6.48. The van der Waals surface area contributed by atoms with Gasteiger partial charge in [-0.25, -0.2) is 4.39 Å². The summed E-state index contributed by atoms with van der Waals surface area (Å²) in [6, 6.07) is 15.4. The Morgan fingerprint density at radius 2 is 1.63 bits per heavy atom. The minimum absolute atomic E-state index is 0.100. The molecule has 142 valence electrons. The number of hydrogen-bond acceptors (Lipinski definition) is 2. The highest BCUT2D eigenvalue weighted by atomic mass is 19.1. The quantitative estimate of drug-likeness (QED) is 0.569. The summed E-state index contributed by atoms with van der Waals surface area (Å²) in [5.74, 6) is -0.197. The molecule has 2 aromatic rings. The van der Waals surface area contributed by atoms with Crippen LogP contribution in [0.2, 0.25) is 0 Å². The summed E-state index contributed by atoms with van der Waals surface area (Å²) < 4.78 is 12.9. The molecule has 0 aromatic heterocycles. The number of carbonyl (C=O) groups excluding carboxylic acids is 1. The first-order valence-corrected chi connectivity index (χ1v) is 10.2. The molecule has 0 bridgehead atoms. The minimum atomic E-state index is -0.298. The SMILES string of the molecule is O=C(CCCNC1CCC2(CC1)Cc1ccccc1C2)c1ccc(F)cc1. The van der Waals surface area contributed by atoms with Crippen molar-refractivity contribution in [3.8, 4) is 0 Å². The summed E-state index contributed by atoms with van der Waals surface area (Å²) in [6.07, 6.45) is 8.93. The standard InChI is InChI=1S/C24H28FNO/c25-21-9-7-18(8-10-21)23(27)6-3-15-26-22-11-13-24(14-12-22)16-19-4-1-2-5-20(19)17-24/h1-2,4-5,7-10,22,26H,3,6,11-17H2. The molecular weight excluding hydrogens is 337 g/mol. The summed E-state index contributed by atoms with van der Waals surface area (Å²) >= 11 is 0. The Balaban J connectivity index is 1.17. The van der Waals surface area contributed by atoms with Crippen LogP contribution in [0, 0.1) is 11.2 Å². The van der Waals surface area contributed by atoms with Gasteiger partial charge in [0.05, 0.1) is 0 Å². The van der Waals surface area contributed by atoms with Crippen LogP contribution in [-0.2, 0) is 12.8 Å². The van der Waals surface area contributed by atoms with E-state index in [0.29, 0.717) is 23.4 Å². The number of carbonyl (C=O) groups is 1. The Bertz CT molecular complexity index is 763. The van der Waals surface area contributed by atoms with Crippen molar-refractivity contribution in [3.63, 3.8) is 0 Å². The van der Waals surface area contributed by atoms with Gasteiger partial charge in [0.2, 0.25) is 0 Å². The molecule has 2 nitrogen and oxygen atoms in total. The minimum Gasteiger partial charge on any atom is -0.314 e. The topological polar surface area (TPSA) is 29.1 Å². The van der Waals surface area contributed by atoms with E-state index < -0.39 is 0 Å². The van der Waals surface area contributed by atoms with Crippen LogP contribution in [0.1, 0.15) is 60.0 Å². The fraction of sp³-hybridized carbons (Fsp3) is 0.458. The summed E-state index contributed by atoms with van der Waals surface area (Å²) in [7, 11) is 0. The molecule has 0 radical (unpaired) electrons. The summed E-state index contributed by atoms with van der Waals surface area (Å²) in [6.45, 7) is 0.880. The summed E-state index contributed by atoms with van der Waals surface area (Å²) in [5, 5.41) is 3.65. The van der Waals surface area contributed by atoms with Crippen LogP contribution in [0.15, 0.2) is 48.5 Å². The molecule has 0 heterocycles. The molecule has 2 aromatic carbocycles. The maximum absolute atomic E-state index is 12.9. The zero-order chi connectivity index (χ0) is 18.7. The molecule has 0 amide bonds. The van der Waals surface area contributed by atoms with Crippen LogP contribution in [0.4, 0.5) is 4.39 Å². The number of rotatable bonds is 6. The molecule has 27 heavy (non-hydrogen) atoms. The van der Waals surface area contributed by atoms with Crippen LogP contribution < -0.4 is 5.32 Å². The Morgan fingerprint density at radius 1 is 1.00 bits per heavy atom. The second-order valence-corrected chi connectivity index (χ2v) is 8.38. The van der Waals surface area contributed by atoms with E-state index in [1.165, 1.54) is 50.7 Å². The average molecular weight is 365 g/mol. The predicted octanol–water partition coefficient (Wildman–Crippen LogP) is 5.11. The van der Waals surface area contributed by atoms with Gasteiger partial charge in [0.15, 0.2) is 5.78 Å². The highest BCUT2D eigenvalue weighted by Gasteiger charge is 2.39. The van der Waals surface area contributed by atoms with E-state index >= 15 is 0 Å². The lowest BCUT2D eigenvalue weighted by Gasteiger charge is -2.37. The van der Waals surface area contributed by atoms with Gasteiger partial charge in [-0.1, -0.05) is 24.3 Å². The van der Waals surface area contributed by atoms with Gasteiger partial charge in [0.1, 0.15) is 5.82 Å². The smallest absolute Gasteiger partial charge is 0.162 e. The Kier molecular flexibility index (Phi) is 5.40. The van der Waals surface area contributed by atoms with Crippen molar-refractivity contribution < 1.29 is 9.18 Å². The summed E-state index contributed by atoms with van der Waals surface area (Å²) in [5.41, 5.74) is 4.23. The maximum atomic E-state index is 12.9. The number of benzene rings is 2. The van der Waals surface area contributed by atoms with Crippen LogP contribution in [-0.4, -0.2) is 18.4 Å².